The molecule has 0 unspecified atom stereocenters. The van der Waals surface area contributed by atoms with Gasteiger partial charge in [0.05, 0.1) is 23.6 Å². The van der Waals surface area contributed by atoms with E-state index in [1.807, 2.05) is 18.2 Å². The number of nitrogens with one attached hydrogen (secondary N) is 1. The van der Waals surface area contributed by atoms with Crippen LogP contribution in [0, 0.1) is 11.3 Å². The lowest BCUT2D eigenvalue weighted by Gasteiger charge is -2.28. The molecule has 0 aliphatic carbocycles. The second kappa shape index (κ2) is 7.26. The van der Waals surface area contributed by atoms with E-state index in [4.69, 9.17) is 5.26 Å². The van der Waals surface area contributed by atoms with Crippen molar-refractivity contribution < 1.29 is 4.79 Å². The molecular weight excluding hydrogens is 338 g/mol. The van der Waals surface area contributed by atoms with Gasteiger partial charge in [-0.15, -0.1) is 0 Å². The van der Waals surface area contributed by atoms with Crippen LogP contribution in [0.1, 0.15) is 27.2 Å². The minimum atomic E-state index is -0.124. The van der Waals surface area contributed by atoms with E-state index >= 15 is 0 Å². The molecule has 4 rings (SSSR count). The molecule has 27 heavy (non-hydrogen) atoms. The number of carbonyl (C=O) groups is 1. The Hall–Kier alpha value is -3.72. The summed E-state index contributed by atoms with van der Waals surface area (Å²) in [4.78, 5) is 23.1. The van der Waals surface area contributed by atoms with Gasteiger partial charge >= 0.3 is 0 Å². The lowest BCUT2D eigenvalue weighted by atomic mass is 10.00. The van der Waals surface area contributed by atoms with E-state index in [2.05, 4.69) is 33.5 Å². The van der Waals surface area contributed by atoms with Gasteiger partial charge in [-0.3, -0.25) is 4.79 Å². The highest BCUT2D eigenvalue weighted by Crippen LogP contribution is 2.21. The van der Waals surface area contributed by atoms with Gasteiger partial charge in [0.15, 0.2) is 0 Å². The maximum atomic E-state index is 12.7. The second-order valence-corrected chi connectivity index (χ2v) is 6.31. The van der Waals surface area contributed by atoms with Crippen molar-refractivity contribution in [2.45, 2.75) is 13.0 Å². The van der Waals surface area contributed by atoms with Crippen LogP contribution in [0.15, 0.2) is 60.9 Å². The minimum absolute atomic E-state index is 0.124. The molecule has 132 valence electrons. The summed E-state index contributed by atoms with van der Waals surface area (Å²) in [6.07, 6.45) is 3.83. The van der Waals surface area contributed by atoms with E-state index in [1.54, 1.807) is 23.1 Å². The summed E-state index contributed by atoms with van der Waals surface area (Å²) in [5.74, 6) is 0.360. The fraction of sp³-hybridized carbons (Fsp3) is 0.143. The third kappa shape index (κ3) is 3.48. The van der Waals surface area contributed by atoms with Crippen molar-refractivity contribution in [1.82, 2.24) is 14.9 Å². The number of hydrogen-bond acceptors (Lipinski definition) is 5. The SMILES string of the molecule is N#Cc1ccccc1Nc1cnc(C(=O)N2CCc3ccccc3C2)cn1. The molecule has 0 bridgehead atoms. The number of hydrogen-bond donors (Lipinski definition) is 1. The van der Waals surface area contributed by atoms with Crippen molar-refractivity contribution in [1.29, 1.82) is 5.26 Å². The average molecular weight is 355 g/mol. The first-order valence-electron chi connectivity index (χ1n) is 8.69. The highest BCUT2D eigenvalue weighted by Gasteiger charge is 2.22. The molecule has 0 saturated carbocycles. The Balaban J connectivity index is 1.48. The molecule has 0 saturated heterocycles. The maximum absolute atomic E-state index is 12.7. The van der Waals surface area contributed by atoms with Gasteiger partial charge < -0.3 is 10.2 Å². The lowest BCUT2D eigenvalue weighted by molar-refractivity contribution is 0.0728. The standard InChI is InChI=1S/C21H17N5O/c22-11-16-6-3-4-8-18(16)25-20-13-23-19(12-24-20)21(27)26-10-9-15-5-1-2-7-17(15)14-26/h1-8,12-13H,9-10,14H2,(H,24,25). The van der Waals surface area contributed by atoms with E-state index < -0.39 is 0 Å². The number of nitriles is 1. The first-order valence-corrected chi connectivity index (χ1v) is 8.69. The Bertz CT molecular complexity index is 1020. The molecule has 6 heteroatoms. The second-order valence-electron chi connectivity index (χ2n) is 6.31. The summed E-state index contributed by atoms with van der Waals surface area (Å²) in [6.45, 7) is 1.26. The molecule has 0 spiro atoms. The normalized spacial score (nSPS) is 12.8. The molecule has 3 aromatic rings. The fourth-order valence-corrected chi connectivity index (χ4v) is 3.16. The summed E-state index contributed by atoms with van der Waals surface area (Å²) in [7, 11) is 0. The molecule has 2 aromatic carbocycles. The van der Waals surface area contributed by atoms with Crippen LogP contribution in [0.5, 0.6) is 0 Å². The number of amides is 1. The van der Waals surface area contributed by atoms with Crippen LogP contribution >= 0.6 is 0 Å². The van der Waals surface area contributed by atoms with Gasteiger partial charge in [-0.25, -0.2) is 9.97 Å². The summed E-state index contributed by atoms with van der Waals surface area (Å²) in [6, 6.07) is 17.5. The van der Waals surface area contributed by atoms with E-state index in [1.165, 1.54) is 23.5 Å². The maximum Gasteiger partial charge on any atom is 0.274 e. The summed E-state index contributed by atoms with van der Waals surface area (Å²) >= 11 is 0. The Morgan fingerprint density at radius 3 is 2.59 bits per heavy atom. The largest absolute Gasteiger partial charge is 0.338 e. The number of nitrogens with zero attached hydrogens (tertiary/aromatic N) is 4. The molecule has 1 aliphatic rings. The van der Waals surface area contributed by atoms with Crippen LogP contribution in [0.2, 0.25) is 0 Å². The van der Waals surface area contributed by atoms with Crippen LogP contribution in [0.3, 0.4) is 0 Å². The highest BCUT2D eigenvalue weighted by molar-refractivity contribution is 5.92. The number of aromatic nitrogens is 2. The van der Waals surface area contributed by atoms with E-state index in [9.17, 15) is 4.79 Å². The average Bonchev–Trinajstić information content (AvgIpc) is 2.74. The molecule has 6 nitrogen and oxygen atoms in total. The minimum Gasteiger partial charge on any atom is -0.338 e. The molecule has 1 aromatic heterocycles. The zero-order valence-corrected chi connectivity index (χ0v) is 14.6. The predicted octanol–water partition coefficient (Wildman–Crippen LogP) is 3.29. The number of benzene rings is 2. The van der Waals surface area contributed by atoms with Crippen molar-refractivity contribution in [2.24, 2.45) is 0 Å². The first-order chi connectivity index (χ1) is 13.2. The molecule has 2 heterocycles. The zero-order chi connectivity index (χ0) is 18.6. The predicted molar refractivity (Wildman–Crippen MR) is 101 cm³/mol. The van der Waals surface area contributed by atoms with Crippen LogP contribution in [0.25, 0.3) is 0 Å². The molecule has 0 fully saturated rings. The first kappa shape index (κ1) is 16.7. The van der Waals surface area contributed by atoms with Crippen molar-refractivity contribution in [3.05, 3.63) is 83.3 Å². The quantitative estimate of drug-likeness (QED) is 0.779. The van der Waals surface area contributed by atoms with E-state index in [0.717, 1.165) is 6.42 Å². The van der Waals surface area contributed by atoms with Gasteiger partial charge in [-0.2, -0.15) is 5.26 Å². The molecule has 1 aliphatic heterocycles. The topological polar surface area (TPSA) is 81.9 Å². The Kier molecular flexibility index (Phi) is 4.50. The Morgan fingerprint density at radius 1 is 1.04 bits per heavy atom. The number of para-hydroxylation sites is 1. The van der Waals surface area contributed by atoms with E-state index in [0.29, 0.717) is 35.9 Å². The smallest absolute Gasteiger partial charge is 0.274 e. The van der Waals surface area contributed by atoms with Crippen molar-refractivity contribution in [3.8, 4) is 6.07 Å². The zero-order valence-electron chi connectivity index (χ0n) is 14.6. The third-order valence-corrected chi connectivity index (χ3v) is 4.60. The summed E-state index contributed by atoms with van der Waals surface area (Å²) < 4.78 is 0. The lowest BCUT2D eigenvalue weighted by Crippen LogP contribution is -2.36. The Labute approximate surface area is 157 Å². The molecular formula is C21H17N5O. The summed E-state index contributed by atoms with van der Waals surface area (Å²) in [5.41, 5.74) is 3.96. The van der Waals surface area contributed by atoms with Gasteiger partial charge in [0.1, 0.15) is 17.6 Å². The molecule has 0 radical (unpaired) electrons. The van der Waals surface area contributed by atoms with Crippen LogP contribution in [0.4, 0.5) is 11.5 Å². The molecule has 1 amide bonds. The number of anilines is 2. The van der Waals surface area contributed by atoms with Gasteiger partial charge in [-0.05, 0) is 29.7 Å². The van der Waals surface area contributed by atoms with Crippen LogP contribution < -0.4 is 5.32 Å². The van der Waals surface area contributed by atoms with E-state index in [-0.39, 0.29) is 5.91 Å². The highest BCUT2D eigenvalue weighted by atomic mass is 16.2. The number of fused-ring (bicyclic) bond motifs is 1. The summed E-state index contributed by atoms with van der Waals surface area (Å²) in [5, 5.41) is 12.2. The Morgan fingerprint density at radius 2 is 1.81 bits per heavy atom. The van der Waals surface area contributed by atoms with Gasteiger partial charge in [-0.1, -0.05) is 36.4 Å². The van der Waals surface area contributed by atoms with Crippen molar-refractivity contribution >= 4 is 17.4 Å². The number of rotatable bonds is 3. The number of carbonyl (C=O) groups excluding carboxylic acids is 1. The van der Waals surface area contributed by atoms with Gasteiger partial charge in [0.2, 0.25) is 0 Å². The van der Waals surface area contributed by atoms with Gasteiger partial charge in [0, 0.05) is 13.1 Å². The fourth-order valence-electron chi connectivity index (χ4n) is 3.16. The third-order valence-electron chi connectivity index (χ3n) is 4.60. The van der Waals surface area contributed by atoms with Gasteiger partial charge in [0.25, 0.3) is 5.91 Å². The monoisotopic (exact) mass is 355 g/mol. The van der Waals surface area contributed by atoms with Crippen molar-refractivity contribution in [2.75, 3.05) is 11.9 Å². The molecule has 1 N–H and O–H groups in total. The molecule has 0 atom stereocenters. The van der Waals surface area contributed by atoms with Crippen LogP contribution in [-0.4, -0.2) is 27.3 Å². The van der Waals surface area contributed by atoms with Crippen molar-refractivity contribution in [3.63, 3.8) is 0 Å². The van der Waals surface area contributed by atoms with Crippen LogP contribution in [-0.2, 0) is 13.0 Å².